The predicted octanol–water partition coefficient (Wildman–Crippen LogP) is 1.06. The smallest absolute Gasteiger partial charge is 0.227 e. The van der Waals surface area contributed by atoms with Gasteiger partial charge in [0.2, 0.25) is 5.91 Å². The minimum Gasteiger partial charge on any atom is -0.379 e. The van der Waals surface area contributed by atoms with Crippen LogP contribution in [-0.4, -0.2) is 37.2 Å². The van der Waals surface area contributed by atoms with Crippen LogP contribution in [0.25, 0.3) is 0 Å². The lowest BCUT2D eigenvalue weighted by molar-refractivity contribution is -0.128. The van der Waals surface area contributed by atoms with Gasteiger partial charge in [0.1, 0.15) is 0 Å². The van der Waals surface area contributed by atoms with Crippen molar-refractivity contribution in [3.63, 3.8) is 0 Å². The molecule has 1 saturated heterocycles. The van der Waals surface area contributed by atoms with Gasteiger partial charge in [-0.05, 0) is 39.2 Å². The van der Waals surface area contributed by atoms with Gasteiger partial charge in [-0.25, -0.2) is 0 Å². The van der Waals surface area contributed by atoms with Gasteiger partial charge in [-0.3, -0.25) is 4.79 Å². The fourth-order valence-electron chi connectivity index (χ4n) is 2.57. The summed E-state index contributed by atoms with van der Waals surface area (Å²) in [6, 6.07) is 0.193. The van der Waals surface area contributed by atoms with Crippen molar-refractivity contribution in [2.75, 3.05) is 19.8 Å². The van der Waals surface area contributed by atoms with Gasteiger partial charge in [0.25, 0.3) is 0 Å². The topological polar surface area (TPSA) is 50.4 Å². The van der Waals surface area contributed by atoms with Gasteiger partial charge >= 0.3 is 0 Å². The van der Waals surface area contributed by atoms with Gasteiger partial charge in [-0.15, -0.1) is 0 Å². The largest absolute Gasteiger partial charge is 0.379 e. The van der Waals surface area contributed by atoms with Crippen molar-refractivity contribution in [1.82, 2.24) is 10.6 Å². The summed E-state index contributed by atoms with van der Waals surface area (Å²) in [7, 11) is 0. The third-order valence-corrected chi connectivity index (χ3v) is 3.96. The van der Waals surface area contributed by atoms with Crippen LogP contribution in [-0.2, 0) is 9.53 Å². The molecule has 4 heteroatoms. The van der Waals surface area contributed by atoms with Gasteiger partial charge in [-0.2, -0.15) is 0 Å². The average Bonchev–Trinajstić information content (AvgIpc) is 2.72. The van der Waals surface area contributed by atoms with Crippen LogP contribution in [0.2, 0.25) is 0 Å². The number of rotatable bonds is 5. The van der Waals surface area contributed by atoms with Crippen LogP contribution in [0.5, 0.6) is 0 Å². The zero-order chi connectivity index (χ0) is 12.3. The molecule has 2 fully saturated rings. The fraction of sp³-hybridized carbons (Fsp3) is 0.923. The number of ether oxygens (including phenoxy) is 1. The molecule has 2 unspecified atom stereocenters. The SMILES string of the molecule is CCCNC1COCC1C(=O)NC1(C)CCC1. The minimum atomic E-state index is -0.0148. The van der Waals surface area contributed by atoms with Crippen LogP contribution in [0.15, 0.2) is 0 Å². The van der Waals surface area contributed by atoms with E-state index in [2.05, 4.69) is 24.5 Å². The van der Waals surface area contributed by atoms with Gasteiger partial charge < -0.3 is 15.4 Å². The molecule has 0 radical (unpaired) electrons. The highest BCUT2D eigenvalue weighted by atomic mass is 16.5. The molecule has 0 aromatic rings. The molecular weight excluding hydrogens is 216 g/mol. The Bertz CT molecular complexity index is 277. The van der Waals surface area contributed by atoms with E-state index >= 15 is 0 Å². The molecule has 2 rings (SSSR count). The van der Waals surface area contributed by atoms with Gasteiger partial charge in [0.15, 0.2) is 0 Å². The molecule has 1 heterocycles. The second-order valence-electron chi connectivity index (χ2n) is 5.61. The van der Waals surface area contributed by atoms with Crippen LogP contribution in [0.4, 0.5) is 0 Å². The number of nitrogens with one attached hydrogen (secondary N) is 2. The molecule has 98 valence electrons. The molecule has 0 bridgehead atoms. The first-order valence-electron chi connectivity index (χ1n) is 6.78. The van der Waals surface area contributed by atoms with Crippen molar-refractivity contribution in [3.8, 4) is 0 Å². The highest BCUT2D eigenvalue weighted by Gasteiger charge is 2.39. The van der Waals surface area contributed by atoms with Crippen molar-refractivity contribution >= 4 is 5.91 Å². The minimum absolute atomic E-state index is 0.0148. The number of carbonyl (C=O) groups excluding carboxylic acids is 1. The van der Waals surface area contributed by atoms with Crippen molar-refractivity contribution in [3.05, 3.63) is 0 Å². The number of amides is 1. The van der Waals surface area contributed by atoms with Crippen molar-refractivity contribution in [1.29, 1.82) is 0 Å². The summed E-state index contributed by atoms with van der Waals surface area (Å²) in [5.41, 5.74) is 0.0506. The Morgan fingerprint density at radius 1 is 1.41 bits per heavy atom. The summed E-state index contributed by atoms with van der Waals surface area (Å²) in [5.74, 6) is 0.150. The van der Waals surface area contributed by atoms with Crippen LogP contribution in [0.1, 0.15) is 39.5 Å². The molecule has 2 aliphatic rings. The normalized spacial score (nSPS) is 30.9. The number of hydrogen-bond acceptors (Lipinski definition) is 3. The second-order valence-corrected chi connectivity index (χ2v) is 5.61. The van der Waals surface area contributed by atoms with E-state index in [1.54, 1.807) is 0 Å². The summed E-state index contributed by atoms with van der Waals surface area (Å²) < 4.78 is 5.43. The number of hydrogen-bond donors (Lipinski definition) is 2. The maximum Gasteiger partial charge on any atom is 0.227 e. The van der Waals surface area contributed by atoms with Crippen molar-refractivity contribution in [2.24, 2.45) is 5.92 Å². The van der Waals surface area contributed by atoms with Gasteiger partial charge in [0.05, 0.1) is 19.1 Å². The molecule has 2 atom stereocenters. The van der Waals surface area contributed by atoms with E-state index in [1.807, 2.05) is 0 Å². The summed E-state index contributed by atoms with van der Waals surface area (Å²) in [6.45, 7) is 6.44. The first kappa shape index (κ1) is 12.8. The Morgan fingerprint density at radius 2 is 2.18 bits per heavy atom. The lowest BCUT2D eigenvalue weighted by Gasteiger charge is -2.40. The second kappa shape index (κ2) is 5.36. The summed E-state index contributed by atoms with van der Waals surface area (Å²) in [4.78, 5) is 12.2. The summed E-state index contributed by atoms with van der Waals surface area (Å²) in [6.07, 6.45) is 4.54. The average molecular weight is 240 g/mol. The van der Waals surface area contributed by atoms with E-state index in [-0.39, 0.29) is 23.4 Å². The summed E-state index contributed by atoms with van der Waals surface area (Å²) in [5, 5.41) is 6.58. The third-order valence-electron chi connectivity index (χ3n) is 3.96. The highest BCUT2D eigenvalue weighted by molar-refractivity contribution is 5.80. The lowest BCUT2D eigenvalue weighted by Crippen LogP contribution is -2.55. The van der Waals surface area contributed by atoms with Crippen LogP contribution in [0.3, 0.4) is 0 Å². The Labute approximate surface area is 103 Å². The zero-order valence-corrected chi connectivity index (χ0v) is 10.9. The maximum absolute atomic E-state index is 12.2. The van der Waals surface area contributed by atoms with E-state index in [1.165, 1.54) is 6.42 Å². The van der Waals surface area contributed by atoms with E-state index in [9.17, 15) is 4.79 Å². The molecule has 1 amide bonds. The highest BCUT2D eigenvalue weighted by Crippen LogP contribution is 2.31. The van der Waals surface area contributed by atoms with Gasteiger partial charge in [0, 0.05) is 11.6 Å². The molecular formula is C13H24N2O2. The maximum atomic E-state index is 12.2. The molecule has 0 aromatic carbocycles. The van der Waals surface area contributed by atoms with Gasteiger partial charge in [-0.1, -0.05) is 6.92 Å². The van der Waals surface area contributed by atoms with E-state index < -0.39 is 0 Å². The summed E-state index contributed by atoms with van der Waals surface area (Å²) >= 11 is 0. The zero-order valence-electron chi connectivity index (χ0n) is 10.9. The van der Waals surface area contributed by atoms with E-state index in [0.717, 1.165) is 25.8 Å². The van der Waals surface area contributed by atoms with E-state index in [4.69, 9.17) is 4.74 Å². The standard InChI is InChI=1S/C13H24N2O2/c1-3-7-14-11-9-17-8-10(11)12(16)15-13(2)5-4-6-13/h10-11,14H,3-9H2,1-2H3,(H,15,16). The monoisotopic (exact) mass is 240 g/mol. The Balaban J connectivity index is 1.84. The Morgan fingerprint density at radius 3 is 2.76 bits per heavy atom. The third kappa shape index (κ3) is 2.99. The van der Waals surface area contributed by atoms with Crippen LogP contribution in [0, 0.1) is 5.92 Å². The predicted molar refractivity (Wildman–Crippen MR) is 66.8 cm³/mol. The first-order chi connectivity index (χ1) is 8.14. The molecule has 17 heavy (non-hydrogen) atoms. The van der Waals surface area contributed by atoms with Crippen LogP contribution < -0.4 is 10.6 Å². The molecule has 0 aromatic heterocycles. The van der Waals surface area contributed by atoms with Crippen LogP contribution >= 0.6 is 0 Å². The Kier molecular flexibility index (Phi) is 4.05. The molecule has 0 spiro atoms. The van der Waals surface area contributed by atoms with Crippen molar-refractivity contribution < 1.29 is 9.53 Å². The van der Waals surface area contributed by atoms with Crippen molar-refractivity contribution in [2.45, 2.75) is 51.1 Å². The van der Waals surface area contributed by atoms with E-state index in [0.29, 0.717) is 13.2 Å². The lowest BCUT2D eigenvalue weighted by atomic mass is 9.78. The quantitative estimate of drug-likeness (QED) is 0.755. The first-order valence-corrected chi connectivity index (χ1v) is 6.78. The molecule has 1 aliphatic carbocycles. The molecule has 2 N–H and O–H groups in total. The molecule has 1 saturated carbocycles. The Hall–Kier alpha value is -0.610. The number of carbonyl (C=O) groups is 1. The molecule has 1 aliphatic heterocycles. The molecule has 4 nitrogen and oxygen atoms in total. The fourth-order valence-corrected chi connectivity index (χ4v) is 2.57.